The van der Waals surface area contributed by atoms with E-state index in [1.54, 1.807) is 18.2 Å². The van der Waals surface area contributed by atoms with Crippen molar-refractivity contribution in [2.75, 3.05) is 13.2 Å². The molecule has 1 heterocycles. The Morgan fingerprint density at radius 3 is 2.22 bits per heavy atom. The van der Waals surface area contributed by atoms with Gasteiger partial charge in [0.1, 0.15) is 11.6 Å². The van der Waals surface area contributed by atoms with Crippen molar-refractivity contribution in [1.82, 2.24) is 4.72 Å². The zero-order valence-electron chi connectivity index (χ0n) is 15.0. The van der Waals surface area contributed by atoms with E-state index in [1.807, 2.05) is 13.8 Å². The van der Waals surface area contributed by atoms with Gasteiger partial charge in [-0.3, -0.25) is 0 Å². The first-order valence-electron chi connectivity index (χ1n) is 8.64. The number of benzene rings is 2. The molecule has 1 aliphatic heterocycles. The standard InChI is InChI=1S/C19H21F2NO4S/c1-12(2)19(13-4-5-17-18(8-13)26-7-3-6-25-17)22-27(23,24)16-10-14(20)9-15(21)11-16/h4-5,8-12,19,22H,3,6-7H2,1-2H3/t19-/m0/s1. The first-order valence-corrected chi connectivity index (χ1v) is 10.1. The molecule has 0 aliphatic carbocycles. The van der Waals surface area contributed by atoms with E-state index in [0.29, 0.717) is 36.3 Å². The van der Waals surface area contributed by atoms with Gasteiger partial charge in [0.15, 0.2) is 11.5 Å². The number of ether oxygens (including phenoxy) is 2. The van der Waals surface area contributed by atoms with Gasteiger partial charge >= 0.3 is 0 Å². The van der Waals surface area contributed by atoms with Crippen LogP contribution in [0.5, 0.6) is 11.5 Å². The van der Waals surface area contributed by atoms with Gasteiger partial charge in [0.25, 0.3) is 0 Å². The normalized spacial score (nSPS) is 15.4. The predicted octanol–water partition coefficient (Wildman–Crippen LogP) is 3.80. The Balaban J connectivity index is 1.93. The highest BCUT2D eigenvalue weighted by atomic mass is 32.2. The summed E-state index contributed by atoms with van der Waals surface area (Å²) in [4.78, 5) is -0.458. The molecule has 2 aromatic rings. The van der Waals surface area contributed by atoms with Gasteiger partial charge in [-0.15, -0.1) is 0 Å². The van der Waals surface area contributed by atoms with E-state index in [9.17, 15) is 17.2 Å². The van der Waals surface area contributed by atoms with Crippen molar-refractivity contribution in [3.8, 4) is 11.5 Å². The predicted molar refractivity (Wildman–Crippen MR) is 96.3 cm³/mol. The third kappa shape index (κ3) is 4.56. The second-order valence-electron chi connectivity index (χ2n) is 6.70. The molecular formula is C19H21F2NO4S. The first-order chi connectivity index (χ1) is 12.8. The lowest BCUT2D eigenvalue weighted by atomic mass is 9.97. The van der Waals surface area contributed by atoms with Crippen molar-refractivity contribution in [2.24, 2.45) is 5.92 Å². The highest BCUT2D eigenvalue weighted by molar-refractivity contribution is 7.89. The van der Waals surface area contributed by atoms with E-state index < -0.39 is 32.6 Å². The molecule has 0 saturated heterocycles. The molecule has 0 saturated carbocycles. The molecule has 8 heteroatoms. The molecule has 0 radical (unpaired) electrons. The van der Waals surface area contributed by atoms with Crippen LogP contribution < -0.4 is 14.2 Å². The van der Waals surface area contributed by atoms with Gasteiger partial charge in [-0.1, -0.05) is 19.9 Å². The summed E-state index contributed by atoms with van der Waals surface area (Å²) in [6, 6.07) is 6.82. The largest absolute Gasteiger partial charge is 0.490 e. The third-order valence-electron chi connectivity index (χ3n) is 4.23. The van der Waals surface area contributed by atoms with Crippen LogP contribution in [0.1, 0.15) is 31.9 Å². The van der Waals surface area contributed by atoms with E-state index in [2.05, 4.69) is 4.72 Å². The summed E-state index contributed by atoms with van der Waals surface area (Å²) in [5.41, 5.74) is 0.676. The quantitative estimate of drug-likeness (QED) is 0.834. The average molecular weight is 397 g/mol. The molecule has 0 unspecified atom stereocenters. The lowest BCUT2D eigenvalue weighted by molar-refractivity contribution is 0.297. The number of halogens is 2. The molecule has 0 spiro atoms. The average Bonchev–Trinajstić information content (AvgIpc) is 2.83. The van der Waals surface area contributed by atoms with Crippen molar-refractivity contribution in [2.45, 2.75) is 31.2 Å². The number of sulfonamides is 1. The lowest BCUT2D eigenvalue weighted by Crippen LogP contribution is -2.32. The van der Waals surface area contributed by atoms with E-state index in [1.165, 1.54) is 0 Å². The summed E-state index contributed by atoms with van der Waals surface area (Å²) in [5.74, 6) is -0.873. The highest BCUT2D eigenvalue weighted by Gasteiger charge is 2.26. The summed E-state index contributed by atoms with van der Waals surface area (Å²) in [6.07, 6.45) is 0.759. The Bertz CT molecular complexity index is 911. The summed E-state index contributed by atoms with van der Waals surface area (Å²) in [7, 11) is -4.13. The van der Waals surface area contributed by atoms with Crippen LogP contribution in [0.4, 0.5) is 8.78 Å². The third-order valence-corrected chi connectivity index (χ3v) is 5.65. The Hall–Kier alpha value is -2.19. The molecule has 1 N–H and O–H groups in total. The minimum atomic E-state index is -4.13. The minimum absolute atomic E-state index is 0.122. The fourth-order valence-corrected chi connectivity index (χ4v) is 4.30. The maximum Gasteiger partial charge on any atom is 0.241 e. The van der Waals surface area contributed by atoms with Crippen molar-refractivity contribution < 1.29 is 26.7 Å². The Morgan fingerprint density at radius 2 is 1.59 bits per heavy atom. The molecule has 0 fully saturated rings. The van der Waals surface area contributed by atoms with Crippen LogP contribution in [-0.2, 0) is 10.0 Å². The fraction of sp³-hybridized carbons (Fsp3) is 0.368. The molecule has 1 atom stereocenters. The van der Waals surface area contributed by atoms with Gasteiger partial charge in [-0.25, -0.2) is 21.9 Å². The molecule has 27 heavy (non-hydrogen) atoms. The second kappa shape index (κ2) is 7.82. The van der Waals surface area contributed by atoms with Crippen molar-refractivity contribution in [3.63, 3.8) is 0 Å². The monoisotopic (exact) mass is 397 g/mol. The molecule has 5 nitrogen and oxygen atoms in total. The number of fused-ring (bicyclic) bond motifs is 1. The first kappa shape index (κ1) is 19.6. The van der Waals surface area contributed by atoms with E-state index >= 15 is 0 Å². The number of hydrogen-bond acceptors (Lipinski definition) is 4. The van der Waals surface area contributed by atoms with Crippen LogP contribution in [0.2, 0.25) is 0 Å². The van der Waals surface area contributed by atoms with Crippen LogP contribution in [0.3, 0.4) is 0 Å². The zero-order valence-corrected chi connectivity index (χ0v) is 15.9. The van der Waals surface area contributed by atoms with Gasteiger partial charge in [0, 0.05) is 18.5 Å². The van der Waals surface area contributed by atoms with Crippen LogP contribution in [0, 0.1) is 17.6 Å². The van der Waals surface area contributed by atoms with E-state index in [4.69, 9.17) is 9.47 Å². The van der Waals surface area contributed by atoms with Crippen LogP contribution in [0.15, 0.2) is 41.3 Å². The maximum absolute atomic E-state index is 13.4. The van der Waals surface area contributed by atoms with Gasteiger partial charge in [-0.05, 0) is 35.7 Å². The number of rotatable bonds is 5. The molecular weight excluding hydrogens is 376 g/mol. The molecule has 0 amide bonds. The van der Waals surface area contributed by atoms with E-state index in [-0.39, 0.29) is 5.92 Å². The molecule has 2 aromatic carbocycles. The molecule has 0 aromatic heterocycles. The summed E-state index contributed by atoms with van der Waals surface area (Å²) in [6.45, 7) is 4.76. The summed E-state index contributed by atoms with van der Waals surface area (Å²) < 4.78 is 66.0. The Labute approximate surface area is 157 Å². The SMILES string of the molecule is CC(C)[C@H](NS(=O)(=O)c1cc(F)cc(F)c1)c1ccc2c(c1)OCCCO2. The van der Waals surface area contributed by atoms with Gasteiger partial charge < -0.3 is 9.47 Å². The number of hydrogen-bond donors (Lipinski definition) is 1. The van der Waals surface area contributed by atoms with Crippen LogP contribution >= 0.6 is 0 Å². The van der Waals surface area contributed by atoms with Crippen molar-refractivity contribution in [3.05, 3.63) is 53.6 Å². The Morgan fingerprint density at radius 1 is 0.963 bits per heavy atom. The molecule has 3 rings (SSSR count). The highest BCUT2D eigenvalue weighted by Crippen LogP contribution is 2.34. The van der Waals surface area contributed by atoms with Crippen molar-refractivity contribution in [1.29, 1.82) is 0 Å². The van der Waals surface area contributed by atoms with Crippen molar-refractivity contribution >= 4 is 10.0 Å². The number of nitrogens with one attached hydrogen (secondary N) is 1. The van der Waals surface area contributed by atoms with Crippen LogP contribution in [-0.4, -0.2) is 21.6 Å². The topological polar surface area (TPSA) is 64.6 Å². The van der Waals surface area contributed by atoms with Gasteiger partial charge in [0.2, 0.25) is 10.0 Å². The lowest BCUT2D eigenvalue weighted by Gasteiger charge is -2.23. The minimum Gasteiger partial charge on any atom is -0.490 e. The summed E-state index contributed by atoms with van der Waals surface area (Å²) in [5, 5.41) is 0. The zero-order chi connectivity index (χ0) is 19.6. The molecule has 0 bridgehead atoms. The smallest absolute Gasteiger partial charge is 0.241 e. The molecule has 146 valence electrons. The Kier molecular flexibility index (Phi) is 5.67. The fourth-order valence-electron chi connectivity index (χ4n) is 2.88. The second-order valence-corrected chi connectivity index (χ2v) is 8.42. The summed E-state index contributed by atoms with van der Waals surface area (Å²) >= 11 is 0. The van der Waals surface area contributed by atoms with Gasteiger partial charge in [0.05, 0.1) is 18.1 Å². The van der Waals surface area contributed by atoms with Crippen LogP contribution in [0.25, 0.3) is 0 Å². The molecule has 1 aliphatic rings. The maximum atomic E-state index is 13.4. The van der Waals surface area contributed by atoms with Gasteiger partial charge in [-0.2, -0.15) is 0 Å². The van der Waals surface area contributed by atoms with E-state index in [0.717, 1.165) is 18.6 Å².